The topological polar surface area (TPSA) is 103 Å². The third kappa shape index (κ3) is 2.22. The van der Waals surface area contributed by atoms with Gasteiger partial charge in [-0.25, -0.2) is 0 Å². The maximum Gasteiger partial charge on any atom is 0.270 e. The lowest BCUT2D eigenvalue weighted by atomic mass is 9.98. The van der Waals surface area contributed by atoms with E-state index in [1.54, 1.807) is 12.1 Å². The summed E-state index contributed by atoms with van der Waals surface area (Å²) in [4.78, 5) is 33.3. The van der Waals surface area contributed by atoms with Crippen molar-refractivity contribution in [1.82, 2.24) is 0 Å². The normalized spacial score (nSPS) is 13.0. The number of nitro groups is 2. The van der Waals surface area contributed by atoms with Crippen LogP contribution in [0, 0.1) is 20.2 Å². The lowest BCUT2D eigenvalue weighted by molar-refractivity contribution is -0.385. The Hall–Kier alpha value is -3.09. The summed E-state index contributed by atoms with van der Waals surface area (Å²) < 4.78 is 0. The Morgan fingerprint density at radius 2 is 1.18 bits per heavy atom. The van der Waals surface area contributed by atoms with E-state index in [2.05, 4.69) is 0 Å². The Morgan fingerprint density at radius 1 is 0.773 bits per heavy atom. The maximum absolute atomic E-state index is 12.6. The minimum absolute atomic E-state index is 0.166. The van der Waals surface area contributed by atoms with E-state index < -0.39 is 15.6 Å². The van der Waals surface area contributed by atoms with Crippen LogP contribution in [0.15, 0.2) is 36.4 Å². The van der Waals surface area contributed by atoms with Gasteiger partial charge in [0.1, 0.15) is 0 Å². The van der Waals surface area contributed by atoms with Crippen molar-refractivity contribution in [3.8, 4) is 0 Å². The number of hydrogen-bond donors (Lipinski definition) is 0. The number of rotatable bonds is 2. The van der Waals surface area contributed by atoms with Gasteiger partial charge in [-0.05, 0) is 24.0 Å². The molecule has 0 heterocycles. The smallest absolute Gasteiger partial charge is 0.270 e. The number of nitro benzene ring substituents is 2. The molecule has 0 N–H and O–H groups in total. The number of hydrogen-bond acceptors (Lipinski definition) is 5. The predicted octanol–water partition coefficient (Wildman–Crippen LogP) is 2.83. The lowest BCUT2D eigenvalue weighted by Gasteiger charge is -2.05. The highest BCUT2D eigenvalue weighted by atomic mass is 16.6. The fraction of sp³-hybridized carbons (Fsp3) is 0.133. The van der Waals surface area contributed by atoms with Crippen molar-refractivity contribution in [2.45, 2.75) is 12.8 Å². The molecule has 0 spiro atoms. The molecule has 0 saturated heterocycles. The maximum atomic E-state index is 12.6. The standard InChI is InChI=1S/C15H10N2O5/c18-15-13-7-11(16(19)20)5-3-9(13)1-2-10-4-6-12(17(21)22)8-14(10)15/h3-8H,1-2H2. The van der Waals surface area contributed by atoms with Crippen LogP contribution in [-0.2, 0) is 12.8 Å². The van der Waals surface area contributed by atoms with E-state index in [1.165, 1.54) is 24.3 Å². The minimum Gasteiger partial charge on any atom is -0.289 e. The molecule has 0 aliphatic heterocycles. The second-order valence-electron chi connectivity index (χ2n) is 5.03. The first kappa shape index (κ1) is 13.9. The molecule has 0 unspecified atom stereocenters. The molecule has 3 rings (SSSR count). The largest absolute Gasteiger partial charge is 0.289 e. The van der Waals surface area contributed by atoms with Gasteiger partial charge in [0.25, 0.3) is 11.4 Å². The molecule has 7 nitrogen and oxygen atoms in total. The lowest BCUT2D eigenvalue weighted by Crippen LogP contribution is -2.06. The Labute approximate surface area is 124 Å². The van der Waals surface area contributed by atoms with E-state index in [4.69, 9.17) is 0 Å². The zero-order valence-corrected chi connectivity index (χ0v) is 11.3. The van der Waals surface area contributed by atoms with Crippen LogP contribution in [0.3, 0.4) is 0 Å². The summed E-state index contributed by atoms with van der Waals surface area (Å²) >= 11 is 0. The van der Waals surface area contributed by atoms with Gasteiger partial charge >= 0.3 is 0 Å². The van der Waals surface area contributed by atoms with Gasteiger partial charge in [-0.2, -0.15) is 0 Å². The average molecular weight is 298 g/mol. The molecule has 2 aromatic rings. The van der Waals surface area contributed by atoms with Crippen LogP contribution in [0.25, 0.3) is 0 Å². The van der Waals surface area contributed by atoms with E-state index in [0.29, 0.717) is 12.8 Å². The van der Waals surface area contributed by atoms with Gasteiger partial charge in [0, 0.05) is 35.4 Å². The van der Waals surface area contributed by atoms with Crippen molar-refractivity contribution in [2.75, 3.05) is 0 Å². The Kier molecular flexibility index (Phi) is 3.17. The molecule has 7 heteroatoms. The third-order valence-corrected chi connectivity index (χ3v) is 3.76. The second-order valence-corrected chi connectivity index (χ2v) is 5.03. The van der Waals surface area contributed by atoms with E-state index in [-0.39, 0.29) is 22.5 Å². The summed E-state index contributed by atoms with van der Waals surface area (Å²) in [5, 5.41) is 21.7. The van der Waals surface area contributed by atoms with Gasteiger partial charge in [-0.15, -0.1) is 0 Å². The first-order valence-corrected chi connectivity index (χ1v) is 6.56. The van der Waals surface area contributed by atoms with E-state index in [1.807, 2.05) is 0 Å². The van der Waals surface area contributed by atoms with Crippen LogP contribution in [0.4, 0.5) is 11.4 Å². The highest BCUT2D eigenvalue weighted by Gasteiger charge is 2.25. The average Bonchev–Trinajstić information content (AvgIpc) is 2.64. The summed E-state index contributed by atoms with van der Waals surface area (Å²) in [6, 6.07) is 8.36. The van der Waals surface area contributed by atoms with E-state index in [0.717, 1.165) is 11.1 Å². The molecule has 0 aromatic heterocycles. The molecular weight excluding hydrogens is 288 g/mol. The van der Waals surface area contributed by atoms with Gasteiger partial charge in [0.2, 0.25) is 0 Å². The number of carbonyl (C=O) groups is 1. The predicted molar refractivity (Wildman–Crippen MR) is 77.0 cm³/mol. The monoisotopic (exact) mass is 298 g/mol. The van der Waals surface area contributed by atoms with Crippen molar-refractivity contribution < 1.29 is 14.6 Å². The molecule has 0 amide bonds. The molecule has 2 aromatic carbocycles. The molecule has 22 heavy (non-hydrogen) atoms. The minimum atomic E-state index is -0.563. The SMILES string of the molecule is O=C1c2cc([N+](=O)[O-])ccc2CCc2ccc([N+](=O)[O-])cc21. The molecule has 0 bridgehead atoms. The van der Waals surface area contributed by atoms with Crippen molar-refractivity contribution >= 4 is 17.2 Å². The molecule has 110 valence electrons. The number of fused-ring (bicyclic) bond motifs is 2. The van der Waals surface area contributed by atoms with Crippen LogP contribution in [-0.4, -0.2) is 15.6 Å². The van der Waals surface area contributed by atoms with Gasteiger partial charge in [-0.1, -0.05) is 12.1 Å². The van der Waals surface area contributed by atoms with Gasteiger partial charge in [0.15, 0.2) is 5.78 Å². The number of ketones is 1. The summed E-state index contributed by atoms with van der Waals surface area (Å²) in [5.74, 6) is -0.408. The van der Waals surface area contributed by atoms with Crippen LogP contribution in [0.1, 0.15) is 27.0 Å². The molecular formula is C15H10N2O5. The van der Waals surface area contributed by atoms with E-state index in [9.17, 15) is 25.0 Å². The van der Waals surface area contributed by atoms with E-state index >= 15 is 0 Å². The first-order chi connectivity index (χ1) is 10.5. The summed E-state index contributed by atoms with van der Waals surface area (Å²) in [6.07, 6.45) is 1.12. The number of benzene rings is 2. The number of nitrogens with zero attached hydrogens (tertiary/aromatic N) is 2. The quantitative estimate of drug-likeness (QED) is 0.626. The van der Waals surface area contributed by atoms with Crippen LogP contribution < -0.4 is 0 Å². The number of carbonyl (C=O) groups excluding carboxylic acids is 1. The Balaban J connectivity index is 2.17. The fourth-order valence-electron chi connectivity index (χ4n) is 2.63. The fourth-order valence-corrected chi connectivity index (χ4v) is 2.63. The number of aryl methyl sites for hydroxylation is 2. The molecule has 1 aliphatic rings. The first-order valence-electron chi connectivity index (χ1n) is 6.56. The molecule has 0 radical (unpaired) electrons. The highest BCUT2D eigenvalue weighted by molar-refractivity contribution is 6.12. The molecule has 0 atom stereocenters. The van der Waals surface area contributed by atoms with Crippen LogP contribution in [0.5, 0.6) is 0 Å². The van der Waals surface area contributed by atoms with Crippen molar-refractivity contribution in [2.24, 2.45) is 0 Å². The molecule has 0 saturated carbocycles. The van der Waals surface area contributed by atoms with Gasteiger partial charge in [0.05, 0.1) is 9.85 Å². The Bertz CT molecular complexity index is 761. The molecule has 0 fully saturated rings. The van der Waals surface area contributed by atoms with Crippen LogP contribution in [0.2, 0.25) is 0 Å². The highest BCUT2D eigenvalue weighted by Crippen LogP contribution is 2.29. The van der Waals surface area contributed by atoms with Crippen LogP contribution >= 0.6 is 0 Å². The third-order valence-electron chi connectivity index (χ3n) is 3.76. The summed E-state index contributed by atoms with van der Waals surface area (Å²) in [7, 11) is 0. The number of non-ortho nitro benzene ring substituents is 2. The van der Waals surface area contributed by atoms with Crippen molar-refractivity contribution in [3.05, 3.63) is 78.9 Å². The van der Waals surface area contributed by atoms with Crippen molar-refractivity contribution in [1.29, 1.82) is 0 Å². The van der Waals surface area contributed by atoms with Crippen molar-refractivity contribution in [3.63, 3.8) is 0 Å². The summed E-state index contributed by atoms with van der Waals surface area (Å²) in [6.45, 7) is 0. The summed E-state index contributed by atoms with van der Waals surface area (Å²) in [5.41, 5.74) is 1.59. The second kappa shape index (κ2) is 5.03. The molecule has 1 aliphatic carbocycles. The van der Waals surface area contributed by atoms with Gasteiger partial charge < -0.3 is 0 Å². The zero-order chi connectivity index (χ0) is 15.9. The zero-order valence-electron chi connectivity index (χ0n) is 11.3. The Morgan fingerprint density at radius 3 is 1.55 bits per heavy atom. The van der Waals surface area contributed by atoms with Gasteiger partial charge in [-0.3, -0.25) is 25.0 Å².